The number of nitrogens with zero attached hydrogens (tertiary/aromatic N) is 3. The Morgan fingerprint density at radius 1 is 1.09 bits per heavy atom. The van der Waals surface area contributed by atoms with Gasteiger partial charge in [0.2, 0.25) is 5.17 Å². The molecular weight excluding hydrogens is 322 g/mol. The average Bonchev–Trinajstić information content (AvgIpc) is 3.15. The van der Waals surface area contributed by atoms with Crippen molar-refractivity contribution in [3.63, 3.8) is 0 Å². The maximum atomic E-state index is 4.67. The molecule has 2 aliphatic rings. The Hall–Kier alpha value is -1.98. The van der Waals surface area contributed by atoms with Crippen LogP contribution in [-0.4, -0.2) is 16.4 Å². The highest BCUT2D eigenvalue weighted by Crippen LogP contribution is 2.50. The van der Waals surface area contributed by atoms with E-state index in [0.717, 1.165) is 15.8 Å². The molecular formula is C18H15N3S2. The number of benzene rings is 2. The summed E-state index contributed by atoms with van der Waals surface area (Å²) >= 11 is 3.41. The minimum absolute atomic E-state index is 0.211. The fourth-order valence-electron chi connectivity index (χ4n) is 2.40. The second kappa shape index (κ2) is 6.26. The molecule has 23 heavy (non-hydrogen) atoms. The van der Waals surface area contributed by atoms with Gasteiger partial charge in [0.05, 0.1) is 0 Å². The van der Waals surface area contributed by atoms with Gasteiger partial charge >= 0.3 is 0 Å². The van der Waals surface area contributed by atoms with Crippen molar-refractivity contribution in [2.45, 2.75) is 12.3 Å². The van der Waals surface area contributed by atoms with Crippen LogP contribution in [-0.2, 0) is 0 Å². The molecule has 0 amide bonds. The zero-order valence-corrected chi connectivity index (χ0v) is 14.2. The zero-order chi connectivity index (χ0) is 15.6. The molecule has 3 nitrogen and oxygen atoms in total. The average molecular weight is 337 g/mol. The predicted molar refractivity (Wildman–Crippen MR) is 100 cm³/mol. The van der Waals surface area contributed by atoms with E-state index in [1.165, 1.54) is 11.1 Å². The lowest BCUT2D eigenvalue weighted by molar-refractivity contribution is 0.387. The van der Waals surface area contributed by atoms with E-state index in [1.54, 1.807) is 23.5 Å². The van der Waals surface area contributed by atoms with E-state index in [2.05, 4.69) is 51.7 Å². The molecule has 1 atom stereocenters. The number of amidine groups is 1. The van der Waals surface area contributed by atoms with Crippen LogP contribution in [0.3, 0.4) is 0 Å². The van der Waals surface area contributed by atoms with E-state index in [4.69, 9.17) is 0 Å². The number of hydrazone groups is 1. The lowest BCUT2D eigenvalue weighted by Crippen LogP contribution is -2.12. The van der Waals surface area contributed by atoms with Crippen LogP contribution in [0, 0.1) is 6.92 Å². The summed E-state index contributed by atoms with van der Waals surface area (Å²) in [5.41, 5.74) is 3.63. The Kier molecular flexibility index (Phi) is 3.97. The lowest BCUT2D eigenvalue weighted by atomic mass is 10.1. The van der Waals surface area contributed by atoms with E-state index in [9.17, 15) is 0 Å². The first kappa shape index (κ1) is 14.6. The summed E-state index contributed by atoms with van der Waals surface area (Å²) in [6.45, 7) is 2.11. The molecule has 114 valence electrons. The minimum Gasteiger partial charge on any atom is -0.238 e. The number of fused-ring (bicyclic) bond motifs is 1. The van der Waals surface area contributed by atoms with E-state index >= 15 is 0 Å². The predicted octanol–water partition coefficient (Wildman–Crippen LogP) is 4.98. The van der Waals surface area contributed by atoms with Crippen molar-refractivity contribution in [2.24, 2.45) is 10.1 Å². The number of thioether (sulfide) groups is 2. The number of hydrogen-bond donors (Lipinski definition) is 0. The van der Waals surface area contributed by atoms with Gasteiger partial charge in [0, 0.05) is 11.6 Å². The molecule has 0 radical (unpaired) electrons. The highest BCUT2D eigenvalue weighted by molar-refractivity contribution is 8.18. The molecule has 0 spiro atoms. The third-order valence-corrected chi connectivity index (χ3v) is 5.74. The summed E-state index contributed by atoms with van der Waals surface area (Å²) in [4.78, 5) is 4.51. The first-order valence-corrected chi connectivity index (χ1v) is 9.12. The van der Waals surface area contributed by atoms with Crippen molar-refractivity contribution in [1.82, 2.24) is 5.01 Å². The van der Waals surface area contributed by atoms with Crippen molar-refractivity contribution < 1.29 is 0 Å². The van der Waals surface area contributed by atoms with Crippen LogP contribution in [0.5, 0.6) is 0 Å². The molecule has 5 heteroatoms. The summed E-state index contributed by atoms with van der Waals surface area (Å²) in [6.07, 6.45) is 1.86. The quantitative estimate of drug-likeness (QED) is 0.724. The van der Waals surface area contributed by atoms with Gasteiger partial charge in [0.1, 0.15) is 10.4 Å². The Morgan fingerprint density at radius 2 is 1.87 bits per heavy atom. The van der Waals surface area contributed by atoms with Crippen LogP contribution >= 0.6 is 23.5 Å². The maximum Gasteiger partial charge on any atom is 0.213 e. The number of rotatable bonds is 2. The summed E-state index contributed by atoms with van der Waals surface area (Å²) in [5, 5.41) is 11.1. The highest BCUT2D eigenvalue weighted by atomic mass is 32.2. The Bertz CT molecular complexity index is 795. The first-order chi connectivity index (χ1) is 11.3. The molecule has 0 aliphatic carbocycles. The largest absolute Gasteiger partial charge is 0.238 e. The van der Waals surface area contributed by atoms with Gasteiger partial charge in [-0.05, 0) is 29.8 Å². The smallest absolute Gasteiger partial charge is 0.213 e. The highest BCUT2D eigenvalue weighted by Gasteiger charge is 2.34. The molecule has 2 heterocycles. The minimum atomic E-state index is 0.211. The topological polar surface area (TPSA) is 28.0 Å². The first-order valence-electron chi connectivity index (χ1n) is 7.36. The Balaban J connectivity index is 1.53. The molecule has 2 aromatic rings. The summed E-state index contributed by atoms with van der Waals surface area (Å²) < 4.78 is 0. The van der Waals surface area contributed by atoms with Crippen LogP contribution in [0.4, 0.5) is 0 Å². The van der Waals surface area contributed by atoms with E-state index < -0.39 is 0 Å². The van der Waals surface area contributed by atoms with Gasteiger partial charge in [-0.25, -0.2) is 10.0 Å². The van der Waals surface area contributed by atoms with Gasteiger partial charge < -0.3 is 0 Å². The fraction of sp³-hybridized carbons (Fsp3) is 0.111. The van der Waals surface area contributed by atoms with Crippen molar-refractivity contribution in [2.75, 3.05) is 0 Å². The lowest BCUT2D eigenvalue weighted by Gasteiger charge is -2.19. The van der Waals surface area contributed by atoms with Gasteiger partial charge in [0.15, 0.2) is 0 Å². The molecule has 0 saturated heterocycles. The van der Waals surface area contributed by atoms with Gasteiger partial charge in [0.25, 0.3) is 0 Å². The van der Waals surface area contributed by atoms with Crippen LogP contribution in [0.2, 0.25) is 0 Å². The van der Waals surface area contributed by atoms with Crippen LogP contribution in [0.1, 0.15) is 22.1 Å². The van der Waals surface area contributed by atoms with Crippen LogP contribution in [0.15, 0.2) is 75.1 Å². The van der Waals surface area contributed by atoms with Crippen LogP contribution < -0.4 is 0 Å². The van der Waals surface area contributed by atoms with E-state index in [0.29, 0.717) is 0 Å². The van der Waals surface area contributed by atoms with Crippen LogP contribution in [0.25, 0.3) is 0 Å². The molecule has 2 aromatic carbocycles. The maximum absolute atomic E-state index is 4.67. The summed E-state index contributed by atoms with van der Waals surface area (Å²) in [7, 11) is 0. The third kappa shape index (κ3) is 3.07. The van der Waals surface area contributed by atoms with Gasteiger partial charge in [-0.3, -0.25) is 0 Å². The Labute approximate surface area is 144 Å². The monoisotopic (exact) mass is 337 g/mol. The zero-order valence-electron chi connectivity index (χ0n) is 12.6. The van der Waals surface area contributed by atoms with Gasteiger partial charge in [-0.2, -0.15) is 0 Å². The Morgan fingerprint density at radius 3 is 2.65 bits per heavy atom. The second-order valence-electron chi connectivity index (χ2n) is 5.35. The normalized spacial score (nSPS) is 19.9. The van der Waals surface area contributed by atoms with Gasteiger partial charge in [-0.1, -0.05) is 71.9 Å². The van der Waals surface area contributed by atoms with E-state index in [-0.39, 0.29) is 5.37 Å². The molecule has 2 aliphatic heterocycles. The third-order valence-electron chi connectivity index (χ3n) is 3.62. The number of aliphatic imine (C=N–C) groups is 1. The summed E-state index contributed by atoms with van der Waals surface area (Å²) in [6, 6.07) is 18.7. The summed E-state index contributed by atoms with van der Waals surface area (Å²) in [5.74, 6) is 0. The SMILES string of the molecule is Cc1ccc(C2SC=C3SC(/N=C\c4ccccc4)=NN32)cc1. The molecule has 4 rings (SSSR count). The molecule has 0 aromatic heterocycles. The fourth-order valence-corrected chi connectivity index (χ4v) is 4.43. The van der Waals surface area contributed by atoms with Crippen molar-refractivity contribution in [1.29, 1.82) is 0 Å². The van der Waals surface area contributed by atoms with Gasteiger partial charge in [-0.15, -0.1) is 5.10 Å². The number of aryl methyl sites for hydroxylation is 1. The standard InChI is InChI=1S/C18H15N3S2/c1-13-7-9-15(10-8-13)17-21-16(12-22-17)23-18(20-21)19-11-14-5-3-2-4-6-14/h2-12,17H,1H3/b19-11-. The van der Waals surface area contributed by atoms with Crippen molar-refractivity contribution >= 4 is 34.9 Å². The van der Waals surface area contributed by atoms with Crippen molar-refractivity contribution in [3.8, 4) is 0 Å². The molecule has 0 saturated carbocycles. The molecule has 0 N–H and O–H groups in total. The molecule has 0 bridgehead atoms. The van der Waals surface area contributed by atoms with Crippen molar-refractivity contribution in [3.05, 3.63) is 81.7 Å². The second-order valence-corrected chi connectivity index (χ2v) is 7.30. The van der Waals surface area contributed by atoms with E-state index in [1.807, 2.05) is 36.5 Å². The molecule has 0 fully saturated rings. The molecule has 1 unspecified atom stereocenters. The number of hydrogen-bond acceptors (Lipinski definition) is 5.